The number of hydrogen-bond donors (Lipinski definition) is 2. The number of carboxylic acid groups (broad SMARTS) is 1. The van der Waals surface area contributed by atoms with Gasteiger partial charge in [-0.2, -0.15) is 0 Å². The highest BCUT2D eigenvalue weighted by molar-refractivity contribution is 7.11. The number of piperazine rings is 1. The highest BCUT2D eigenvalue weighted by atomic mass is 35.5. The molecule has 3 aromatic carbocycles. The number of carboxylic acids is 1. The first-order chi connectivity index (χ1) is 24.2. The number of aliphatic imine (C=N–C) groups is 1. The van der Waals surface area contributed by atoms with E-state index in [-0.39, 0.29) is 28.2 Å². The maximum absolute atomic E-state index is 14.0. The van der Waals surface area contributed by atoms with Gasteiger partial charge in [-0.15, -0.1) is 11.3 Å². The van der Waals surface area contributed by atoms with E-state index in [4.69, 9.17) is 31.2 Å². The predicted molar refractivity (Wildman–Crippen MR) is 185 cm³/mol. The van der Waals surface area contributed by atoms with Crippen LogP contribution in [-0.2, 0) is 9.53 Å². The minimum Gasteiger partial charge on any atom is -0.478 e. The number of amidine groups is 1. The van der Waals surface area contributed by atoms with Crippen molar-refractivity contribution in [3.8, 4) is 11.5 Å². The Balaban J connectivity index is 1.09. The van der Waals surface area contributed by atoms with Crippen LogP contribution in [0.15, 0.2) is 94.6 Å². The Kier molecular flexibility index (Phi) is 9.23. The number of amides is 2. The van der Waals surface area contributed by atoms with Crippen molar-refractivity contribution in [2.24, 2.45) is 4.99 Å². The van der Waals surface area contributed by atoms with Gasteiger partial charge in [0.15, 0.2) is 10.8 Å². The monoisotopic (exact) mass is 716 g/mol. The van der Waals surface area contributed by atoms with Crippen molar-refractivity contribution < 1.29 is 33.4 Å². The fourth-order valence-electron chi connectivity index (χ4n) is 6.32. The highest BCUT2D eigenvalue weighted by Crippen LogP contribution is 2.37. The number of nitrogens with one attached hydrogen (secondary N) is 1. The van der Waals surface area contributed by atoms with Crippen LogP contribution in [0.4, 0.5) is 14.9 Å². The number of ether oxygens (including phenoxy) is 2. The molecule has 0 spiro atoms. The minimum absolute atomic E-state index is 0.0953. The van der Waals surface area contributed by atoms with Gasteiger partial charge >= 0.3 is 18.0 Å². The molecule has 3 aliphatic heterocycles. The lowest BCUT2D eigenvalue weighted by molar-refractivity contribution is -0.136. The molecule has 1 unspecified atom stereocenters. The van der Waals surface area contributed by atoms with Gasteiger partial charge < -0.3 is 24.8 Å². The summed E-state index contributed by atoms with van der Waals surface area (Å²) < 4.78 is 25.1. The second-order valence-corrected chi connectivity index (χ2v) is 13.1. The SMILES string of the molecule is COC(=O)C1=C(CN2CCN3C(=O)N(c4ccc(Oc5ccc(C(=O)O)cc5)cc4)CC3C2)NC(c2nccs2)=N[C@H]1c1ccc(F)cc1Cl. The second-order valence-electron chi connectivity index (χ2n) is 11.8. The average molecular weight is 717 g/mol. The molecule has 2 N–H and O–H groups in total. The smallest absolute Gasteiger partial charge is 0.338 e. The number of benzene rings is 3. The molecule has 4 heterocycles. The van der Waals surface area contributed by atoms with Crippen LogP contribution in [-0.4, -0.2) is 89.6 Å². The summed E-state index contributed by atoms with van der Waals surface area (Å²) in [5.41, 5.74) is 2.16. The van der Waals surface area contributed by atoms with Crippen LogP contribution >= 0.6 is 22.9 Å². The van der Waals surface area contributed by atoms with Crippen molar-refractivity contribution >= 4 is 52.4 Å². The van der Waals surface area contributed by atoms with E-state index in [0.717, 1.165) is 5.69 Å². The van der Waals surface area contributed by atoms with Crippen molar-refractivity contribution in [2.45, 2.75) is 12.1 Å². The van der Waals surface area contributed by atoms with Crippen LogP contribution in [0, 0.1) is 5.82 Å². The van der Waals surface area contributed by atoms with Gasteiger partial charge in [0.2, 0.25) is 0 Å². The number of thiazole rings is 1. The van der Waals surface area contributed by atoms with Gasteiger partial charge in [-0.3, -0.25) is 14.8 Å². The molecular weight excluding hydrogens is 687 g/mol. The molecule has 4 aromatic rings. The molecule has 256 valence electrons. The van der Waals surface area contributed by atoms with Gasteiger partial charge in [0.1, 0.15) is 23.4 Å². The van der Waals surface area contributed by atoms with E-state index in [1.807, 2.05) is 22.4 Å². The van der Waals surface area contributed by atoms with E-state index < -0.39 is 23.8 Å². The number of esters is 1. The van der Waals surface area contributed by atoms with Crippen molar-refractivity contribution in [1.82, 2.24) is 20.1 Å². The molecule has 0 radical (unpaired) electrons. The maximum Gasteiger partial charge on any atom is 0.338 e. The topological polar surface area (TPSA) is 137 Å². The summed E-state index contributed by atoms with van der Waals surface area (Å²) in [6.07, 6.45) is 1.66. The number of methoxy groups -OCH3 is 1. The van der Waals surface area contributed by atoms with Crippen LogP contribution < -0.4 is 15.0 Å². The molecule has 2 atom stereocenters. The largest absolute Gasteiger partial charge is 0.478 e. The van der Waals surface area contributed by atoms with Crippen molar-refractivity contribution in [3.05, 3.63) is 117 Å². The van der Waals surface area contributed by atoms with Crippen LogP contribution in [0.25, 0.3) is 0 Å². The van der Waals surface area contributed by atoms with Gasteiger partial charge in [-0.05, 0) is 60.7 Å². The van der Waals surface area contributed by atoms with Gasteiger partial charge in [-0.1, -0.05) is 17.7 Å². The third kappa shape index (κ3) is 6.64. The number of fused-ring (bicyclic) bond motifs is 1. The number of rotatable bonds is 9. The summed E-state index contributed by atoms with van der Waals surface area (Å²) in [6.45, 7) is 2.36. The summed E-state index contributed by atoms with van der Waals surface area (Å²) in [6, 6.07) is 16.2. The first-order valence-corrected chi connectivity index (χ1v) is 16.9. The highest BCUT2D eigenvalue weighted by Gasteiger charge is 2.42. The Labute approximate surface area is 295 Å². The zero-order chi connectivity index (χ0) is 34.9. The molecule has 2 saturated heterocycles. The van der Waals surface area contributed by atoms with E-state index >= 15 is 0 Å². The summed E-state index contributed by atoms with van der Waals surface area (Å²) in [4.78, 5) is 52.9. The maximum atomic E-state index is 14.0. The second kappa shape index (κ2) is 13.9. The van der Waals surface area contributed by atoms with Crippen molar-refractivity contribution in [2.75, 3.05) is 44.7 Å². The zero-order valence-electron chi connectivity index (χ0n) is 26.6. The zero-order valence-corrected chi connectivity index (χ0v) is 28.2. The standard InChI is InChI=1S/C35H30ClFN6O6S/c1-48-34(46)29-28(39-31(32-38-12-15-50-32)40-30(29)26-11-4-21(37)16-27(26)36)19-41-13-14-42-23(17-41)18-43(35(42)47)22-5-9-25(10-6-22)49-24-7-2-20(3-8-24)33(44)45/h2-12,15-16,23,30H,13-14,17-19H2,1H3,(H,39,40)(H,44,45)/t23?,30-/m0/s1. The number of aromatic nitrogens is 1. The normalized spacial score (nSPS) is 19.2. The number of carbonyl (C=O) groups is 3. The van der Waals surface area contributed by atoms with Crippen molar-refractivity contribution in [1.29, 1.82) is 0 Å². The lowest BCUT2D eigenvalue weighted by atomic mass is 9.95. The lowest BCUT2D eigenvalue weighted by Gasteiger charge is -2.38. The first kappa shape index (κ1) is 33.2. The van der Waals surface area contributed by atoms with E-state index in [1.165, 1.54) is 48.8 Å². The molecule has 15 heteroatoms. The molecule has 2 amide bonds. The quantitative estimate of drug-likeness (QED) is 0.213. The average Bonchev–Trinajstić information content (AvgIpc) is 3.77. The Bertz CT molecular complexity index is 2010. The fourth-order valence-corrected chi connectivity index (χ4v) is 7.18. The Morgan fingerprint density at radius 2 is 1.80 bits per heavy atom. The number of anilines is 1. The number of hydrogen-bond acceptors (Lipinski definition) is 10. The molecule has 0 bridgehead atoms. The van der Waals surface area contributed by atoms with Crippen LogP contribution in [0.3, 0.4) is 0 Å². The number of halogens is 2. The van der Waals surface area contributed by atoms with Gasteiger partial charge in [-0.25, -0.2) is 23.8 Å². The molecule has 12 nitrogen and oxygen atoms in total. The van der Waals surface area contributed by atoms with Gasteiger partial charge in [0.05, 0.1) is 24.3 Å². The molecule has 3 aliphatic rings. The third-order valence-corrected chi connectivity index (χ3v) is 9.83. The van der Waals surface area contributed by atoms with Crippen LogP contribution in [0.1, 0.15) is 27.0 Å². The van der Waals surface area contributed by atoms with E-state index in [9.17, 15) is 18.8 Å². The number of carbonyl (C=O) groups excluding carboxylic acids is 2. The molecule has 0 aliphatic carbocycles. The number of nitrogens with zero attached hydrogens (tertiary/aromatic N) is 5. The van der Waals surface area contributed by atoms with E-state index in [0.29, 0.717) is 66.3 Å². The Hall–Kier alpha value is -5.31. The summed E-state index contributed by atoms with van der Waals surface area (Å²) >= 11 is 7.88. The van der Waals surface area contributed by atoms with Crippen LogP contribution in [0.2, 0.25) is 5.02 Å². The van der Waals surface area contributed by atoms with Gasteiger partial charge in [0, 0.05) is 66.3 Å². The fraction of sp³-hybridized carbons (Fsp3) is 0.229. The number of aromatic carboxylic acids is 1. The first-order valence-electron chi connectivity index (χ1n) is 15.6. The molecule has 50 heavy (non-hydrogen) atoms. The third-order valence-electron chi connectivity index (χ3n) is 8.73. The summed E-state index contributed by atoms with van der Waals surface area (Å²) in [7, 11) is 1.30. The van der Waals surface area contributed by atoms with E-state index in [2.05, 4.69) is 15.2 Å². The van der Waals surface area contributed by atoms with Crippen molar-refractivity contribution in [3.63, 3.8) is 0 Å². The molecular formula is C35H30ClFN6O6S. The molecule has 1 aromatic heterocycles. The predicted octanol–water partition coefficient (Wildman–Crippen LogP) is 5.57. The number of urea groups is 1. The minimum atomic E-state index is -1.01. The lowest BCUT2D eigenvalue weighted by Crippen LogP contribution is -2.53. The van der Waals surface area contributed by atoms with Crippen LogP contribution in [0.5, 0.6) is 11.5 Å². The Morgan fingerprint density at radius 1 is 1.06 bits per heavy atom. The summed E-state index contributed by atoms with van der Waals surface area (Å²) in [5, 5.41) is 15.0. The Morgan fingerprint density at radius 3 is 2.46 bits per heavy atom. The van der Waals surface area contributed by atoms with Gasteiger partial charge in [0.25, 0.3) is 0 Å². The molecule has 2 fully saturated rings. The molecule has 0 saturated carbocycles. The summed E-state index contributed by atoms with van der Waals surface area (Å²) in [5.74, 6) is -0.618. The molecule has 7 rings (SSSR count). The van der Waals surface area contributed by atoms with E-state index in [1.54, 1.807) is 35.4 Å².